The molecule has 0 bridgehead atoms. The summed E-state index contributed by atoms with van der Waals surface area (Å²) in [5, 5.41) is 10.5. The topological polar surface area (TPSA) is 89.2 Å². The molecule has 0 saturated heterocycles. The number of hydrogen-bond donors (Lipinski definition) is 1. The van der Waals surface area contributed by atoms with E-state index >= 15 is 0 Å². The number of fused-ring (bicyclic) bond motifs is 3. The van der Waals surface area contributed by atoms with E-state index in [0.717, 1.165) is 5.56 Å². The first-order chi connectivity index (χ1) is 16.0. The molecule has 0 aliphatic carbocycles. The Hall–Kier alpha value is -3.97. The van der Waals surface area contributed by atoms with Crippen molar-refractivity contribution in [2.24, 2.45) is 0 Å². The van der Waals surface area contributed by atoms with E-state index in [-0.39, 0.29) is 35.8 Å². The van der Waals surface area contributed by atoms with Crippen molar-refractivity contribution >= 4 is 28.5 Å². The van der Waals surface area contributed by atoms with Gasteiger partial charge in [0.25, 0.3) is 5.91 Å². The number of phenols is 1. The predicted molar refractivity (Wildman–Crippen MR) is 120 cm³/mol. The van der Waals surface area contributed by atoms with Crippen LogP contribution in [0.4, 0.5) is 0 Å². The lowest BCUT2D eigenvalue weighted by atomic mass is 9.98. The van der Waals surface area contributed by atoms with Gasteiger partial charge < -0.3 is 23.9 Å². The van der Waals surface area contributed by atoms with Crippen molar-refractivity contribution in [2.75, 3.05) is 6.79 Å². The minimum Gasteiger partial charge on any atom is -0.508 e. The van der Waals surface area contributed by atoms with Crippen LogP contribution in [0.2, 0.25) is 5.02 Å². The summed E-state index contributed by atoms with van der Waals surface area (Å²) in [6, 6.07) is 15.9. The third kappa shape index (κ3) is 3.12. The summed E-state index contributed by atoms with van der Waals surface area (Å²) in [5.41, 5.74) is 1.72. The molecule has 2 aliphatic rings. The van der Waals surface area contributed by atoms with E-state index in [4.69, 9.17) is 25.5 Å². The smallest absolute Gasteiger partial charge is 0.291 e. The van der Waals surface area contributed by atoms with Gasteiger partial charge in [-0.3, -0.25) is 9.59 Å². The third-order valence-electron chi connectivity index (χ3n) is 5.93. The number of halogens is 1. The summed E-state index contributed by atoms with van der Waals surface area (Å²) < 4.78 is 16.8. The Morgan fingerprint density at radius 3 is 2.58 bits per heavy atom. The monoisotopic (exact) mass is 461 g/mol. The molecular formula is C25H16ClNO6. The highest BCUT2D eigenvalue weighted by molar-refractivity contribution is 6.31. The Bertz CT molecular complexity index is 1490. The average molecular weight is 462 g/mol. The molecule has 1 aromatic heterocycles. The fourth-order valence-electron chi connectivity index (χ4n) is 4.39. The zero-order chi connectivity index (χ0) is 22.7. The maximum atomic E-state index is 13.5. The minimum atomic E-state index is -0.696. The molecule has 7 nitrogen and oxygen atoms in total. The van der Waals surface area contributed by atoms with Crippen LogP contribution in [0.5, 0.6) is 17.2 Å². The molecule has 1 amide bonds. The Morgan fingerprint density at radius 2 is 1.76 bits per heavy atom. The first kappa shape index (κ1) is 19.7. The standard InChI is InChI=1S/C25H16ClNO6/c26-15-4-8-18-17(10-15)23(29)21-22(14-2-5-16(28)6-3-14)27(25(30)24(21)33-18)11-13-1-7-19-20(9-13)32-12-31-19/h1-10,22,28H,11-12H2/t22-/m1/s1. The number of ether oxygens (including phenoxy) is 2. The zero-order valence-electron chi connectivity index (χ0n) is 17.1. The van der Waals surface area contributed by atoms with E-state index in [2.05, 4.69) is 0 Å². The van der Waals surface area contributed by atoms with Crippen LogP contribution in [0, 0.1) is 0 Å². The highest BCUT2D eigenvalue weighted by atomic mass is 35.5. The highest BCUT2D eigenvalue weighted by Gasteiger charge is 2.42. The SMILES string of the molecule is O=C1c2oc3ccc(Cl)cc3c(=O)c2[C@@H](c2ccc(O)cc2)N1Cc1ccc2c(c1)OCO2. The van der Waals surface area contributed by atoms with Gasteiger partial charge in [0.05, 0.1) is 17.0 Å². The van der Waals surface area contributed by atoms with Gasteiger partial charge >= 0.3 is 0 Å². The van der Waals surface area contributed by atoms with Crippen molar-refractivity contribution in [3.8, 4) is 17.2 Å². The fourth-order valence-corrected chi connectivity index (χ4v) is 4.57. The van der Waals surface area contributed by atoms with Crippen molar-refractivity contribution < 1.29 is 23.8 Å². The van der Waals surface area contributed by atoms with Crippen molar-refractivity contribution in [2.45, 2.75) is 12.6 Å². The van der Waals surface area contributed by atoms with Gasteiger partial charge in [0.2, 0.25) is 12.6 Å². The molecule has 33 heavy (non-hydrogen) atoms. The molecule has 0 unspecified atom stereocenters. The van der Waals surface area contributed by atoms with E-state index in [1.54, 1.807) is 41.3 Å². The van der Waals surface area contributed by atoms with Gasteiger partial charge in [0.15, 0.2) is 16.9 Å². The van der Waals surface area contributed by atoms with Gasteiger partial charge in [-0.15, -0.1) is 0 Å². The normalized spacial score (nSPS) is 16.5. The Balaban J connectivity index is 1.52. The van der Waals surface area contributed by atoms with Gasteiger partial charge in [0.1, 0.15) is 11.3 Å². The minimum absolute atomic E-state index is 0.00800. The molecule has 3 aromatic carbocycles. The maximum absolute atomic E-state index is 13.5. The number of amides is 1. The number of nitrogens with zero attached hydrogens (tertiary/aromatic N) is 1. The Labute approximate surface area is 192 Å². The van der Waals surface area contributed by atoms with Crippen molar-refractivity contribution in [3.63, 3.8) is 0 Å². The average Bonchev–Trinajstić information content (AvgIpc) is 3.38. The zero-order valence-corrected chi connectivity index (χ0v) is 17.8. The summed E-state index contributed by atoms with van der Waals surface area (Å²) in [5.74, 6) is 0.948. The maximum Gasteiger partial charge on any atom is 0.291 e. The molecule has 1 N–H and O–H groups in total. The molecule has 6 rings (SSSR count). The van der Waals surface area contributed by atoms with Gasteiger partial charge in [-0.2, -0.15) is 0 Å². The van der Waals surface area contributed by atoms with Crippen LogP contribution >= 0.6 is 11.6 Å². The van der Waals surface area contributed by atoms with Crippen LogP contribution in [0.25, 0.3) is 11.0 Å². The first-order valence-corrected chi connectivity index (χ1v) is 10.6. The van der Waals surface area contributed by atoms with Crippen LogP contribution < -0.4 is 14.9 Å². The number of carbonyl (C=O) groups excluding carboxylic acids is 1. The second-order valence-corrected chi connectivity index (χ2v) is 8.37. The second-order valence-electron chi connectivity index (χ2n) is 7.93. The lowest BCUT2D eigenvalue weighted by Crippen LogP contribution is -2.29. The second kappa shape index (κ2) is 7.28. The van der Waals surface area contributed by atoms with Gasteiger partial charge in [-0.25, -0.2) is 0 Å². The molecule has 3 heterocycles. The van der Waals surface area contributed by atoms with Crippen molar-refractivity contribution in [1.82, 2.24) is 4.90 Å². The van der Waals surface area contributed by atoms with Gasteiger partial charge in [-0.05, 0) is 53.6 Å². The summed E-state index contributed by atoms with van der Waals surface area (Å²) >= 11 is 6.12. The van der Waals surface area contributed by atoms with Crippen molar-refractivity contribution in [1.29, 1.82) is 0 Å². The number of benzene rings is 3. The molecule has 1 atom stereocenters. The Morgan fingerprint density at radius 1 is 0.970 bits per heavy atom. The quantitative estimate of drug-likeness (QED) is 0.478. The number of carbonyl (C=O) groups is 1. The summed E-state index contributed by atoms with van der Waals surface area (Å²) in [7, 11) is 0. The molecule has 2 aliphatic heterocycles. The van der Waals surface area contributed by atoms with E-state index in [0.29, 0.717) is 33.1 Å². The van der Waals surface area contributed by atoms with Gasteiger partial charge in [0, 0.05) is 11.6 Å². The van der Waals surface area contributed by atoms with E-state index in [1.165, 1.54) is 12.1 Å². The molecule has 4 aromatic rings. The van der Waals surface area contributed by atoms with E-state index in [1.807, 2.05) is 12.1 Å². The number of rotatable bonds is 3. The molecular weight excluding hydrogens is 446 g/mol. The van der Waals surface area contributed by atoms with Crippen LogP contribution in [-0.4, -0.2) is 22.7 Å². The Kier molecular flexibility index (Phi) is 4.35. The summed E-state index contributed by atoms with van der Waals surface area (Å²) in [4.78, 5) is 28.6. The molecule has 164 valence electrons. The van der Waals surface area contributed by atoms with Crippen LogP contribution in [0.3, 0.4) is 0 Å². The van der Waals surface area contributed by atoms with Crippen LogP contribution in [-0.2, 0) is 6.54 Å². The van der Waals surface area contributed by atoms with Crippen molar-refractivity contribution in [3.05, 3.63) is 98.4 Å². The number of phenolic OH excluding ortho intramolecular Hbond substituents is 1. The predicted octanol–water partition coefficient (Wildman–Crippen LogP) is 4.63. The van der Waals surface area contributed by atoms with Crippen LogP contribution in [0.1, 0.15) is 33.3 Å². The highest BCUT2D eigenvalue weighted by Crippen LogP contribution is 2.41. The van der Waals surface area contributed by atoms with E-state index in [9.17, 15) is 14.7 Å². The lowest BCUT2D eigenvalue weighted by molar-refractivity contribution is 0.0714. The van der Waals surface area contributed by atoms with Crippen LogP contribution in [0.15, 0.2) is 69.9 Å². The van der Waals surface area contributed by atoms with Gasteiger partial charge in [-0.1, -0.05) is 29.8 Å². The number of aromatic hydroxyl groups is 1. The summed E-state index contributed by atoms with van der Waals surface area (Å²) in [6.07, 6.45) is 0. The lowest BCUT2D eigenvalue weighted by Gasteiger charge is -2.25. The molecule has 8 heteroatoms. The number of hydrogen-bond acceptors (Lipinski definition) is 6. The summed E-state index contributed by atoms with van der Waals surface area (Å²) in [6.45, 7) is 0.359. The molecule has 0 fully saturated rings. The largest absolute Gasteiger partial charge is 0.508 e. The fraction of sp³-hybridized carbons (Fsp3) is 0.120. The molecule has 0 saturated carbocycles. The molecule has 0 spiro atoms. The first-order valence-electron chi connectivity index (χ1n) is 10.2. The molecule has 0 radical (unpaired) electrons. The third-order valence-corrected chi connectivity index (χ3v) is 6.16. The van der Waals surface area contributed by atoms with E-state index < -0.39 is 11.9 Å².